The van der Waals surface area contributed by atoms with Gasteiger partial charge in [0, 0.05) is 0 Å². The molecule has 4 rings (SSSR count). The first-order valence-electron chi connectivity index (χ1n) is 7.71. The highest BCUT2D eigenvalue weighted by molar-refractivity contribution is 5.88. The van der Waals surface area contributed by atoms with E-state index < -0.39 is 0 Å². The lowest BCUT2D eigenvalue weighted by Crippen LogP contribution is -2.26. The SMILES string of the molecule is CC12CCc3c(ccc4ccc(ON)cc34)[C@@H]1C[C@H](O)C2. The highest BCUT2D eigenvalue weighted by atomic mass is 16.6. The first-order valence-corrected chi connectivity index (χ1v) is 7.71. The molecular formula is C18H21NO2. The Labute approximate surface area is 124 Å². The average molecular weight is 283 g/mol. The Kier molecular flexibility index (Phi) is 2.78. The van der Waals surface area contributed by atoms with Gasteiger partial charge in [0.2, 0.25) is 0 Å². The van der Waals surface area contributed by atoms with Gasteiger partial charge in [0.15, 0.2) is 0 Å². The molecule has 2 aliphatic rings. The monoisotopic (exact) mass is 283 g/mol. The van der Waals surface area contributed by atoms with Crippen molar-refractivity contribution in [2.24, 2.45) is 11.3 Å². The van der Waals surface area contributed by atoms with Gasteiger partial charge in [-0.3, -0.25) is 0 Å². The summed E-state index contributed by atoms with van der Waals surface area (Å²) in [5, 5.41) is 12.6. The topological polar surface area (TPSA) is 55.5 Å². The molecular weight excluding hydrogens is 262 g/mol. The maximum Gasteiger partial charge on any atom is 0.147 e. The van der Waals surface area contributed by atoms with Crippen molar-refractivity contribution in [3.05, 3.63) is 41.5 Å². The molecule has 1 fully saturated rings. The molecule has 0 amide bonds. The number of hydrogen-bond donors (Lipinski definition) is 2. The third-order valence-electron chi connectivity index (χ3n) is 5.65. The van der Waals surface area contributed by atoms with Crippen LogP contribution in [0.3, 0.4) is 0 Å². The first kappa shape index (κ1) is 13.1. The molecule has 3 nitrogen and oxygen atoms in total. The lowest BCUT2D eigenvalue weighted by molar-refractivity contribution is 0.159. The second kappa shape index (κ2) is 4.46. The van der Waals surface area contributed by atoms with Gasteiger partial charge in [-0.15, -0.1) is 0 Å². The van der Waals surface area contributed by atoms with Gasteiger partial charge in [-0.2, -0.15) is 5.90 Å². The molecule has 0 bridgehead atoms. The maximum atomic E-state index is 10.1. The van der Waals surface area contributed by atoms with Crippen LogP contribution in [0, 0.1) is 5.41 Å². The van der Waals surface area contributed by atoms with Gasteiger partial charge in [-0.1, -0.05) is 25.1 Å². The van der Waals surface area contributed by atoms with E-state index in [0.717, 1.165) is 25.7 Å². The van der Waals surface area contributed by atoms with E-state index in [2.05, 4.69) is 25.1 Å². The molecule has 0 radical (unpaired) electrons. The molecule has 21 heavy (non-hydrogen) atoms. The smallest absolute Gasteiger partial charge is 0.147 e. The van der Waals surface area contributed by atoms with Gasteiger partial charge in [0.1, 0.15) is 5.75 Å². The molecule has 3 N–H and O–H groups in total. The van der Waals surface area contributed by atoms with Gasteiger partial charge in [-0.25, -0.2) is 0 Å². The van der Waals surface area contributed by atoms with Gasteiger partial charge in [0.25, 0.3) is 0 Å². The maximum absolute atomic E-state index is 10.1. The molecule has 1 saturated carbocycles. The predicted octanol–water partition coefficient (Wildman–Crippen LogP) is 3.28. The largest absolute Gasteiger partial charge is 0.412 e. The van der Waals surface area contributed by atoms with Gasteiger partial charge in [-0.05, 0) is 71.0 Å². The van der Waals surface area contributed by atoms with Gasteiger partial charge in [0.05, 0.1) is 6.10 Å². The molecule has 0 aliphatic heterocycles. The van der Waals surface area contributed by atoms with Crippen LogP contribution in [0.1, 0.15) is 43.2 Å². The molecule has 0 aromatic heterocycles. The van der Waals surface area contributed by atoms with Crippen LogP contribution < -0.4 is 10.7 Å². The molecule has 3 atom stereocenters. The minimum Gasteiger partial charge on any atom is -0.412 e. The number of rotatable bonds is 1. The molecule has 3 heteroatoms. The van der Waals surface area contributed by atoms with Crippen LogP contribution in [0.2, 0.25) is 0 Å². The van der Waals surface area contributed by atoms with Crippen LogP contribution in [0.15, 0.2) is 30.3 Å². The number of aryl methyl sites for hydroxylation is 1. The van der Waals surface area contributed by atoms with E-state index in [1.807, 2.05) is 12.1 Å². The predicted molar refractivity (Wildman–Crippen MR) is 83.2 cm³/mol. The van der Waals surface area contributed by atoms with E-state index >= 15 is 0 Å². The zero-order valence-corrected chi connectivity index (χ0v) is 12.3. The molecule has 110 valence electrons. The van der Waals surface area contributed by atoms with Crippen molar-refractivity contribution in [2.45, 2.75) is 44.6 Å². The van der Waals surface area contributed by atoms with Crippen LogP contribution in [0.4, 0.5) is 0 Å². The van der Waals surface area contributed by atoms with Crippen LogP contribution >= 0.6 is 0 Å². The van der Waals surface area contributed by atoms with E-state index in [4.69, 9.17) is 10.7 Å². The third kappa shape index (κ3) is 1.88. The van der Waals surface area contributed by atoms with Crippen LogP contribution in [-0.4, -0.2) is 11.2 Å². The third-order valence-corrected chi connectivity index (χ3v) is 5.65. The van der Waals surface area contributed by atoms with E-state index in [9.17, 15) is 5.11 Å². The zero-order valence-electron chi connectivity index (χ0n) is 12.3. The highest BCUT2D eigenvalue weighted by Crippen LogP contribution is 2.56. The van der Waals surface area contributed by atoms with Crippen molar-refractivity contribution < 1.29 is 9.94 Å². The number of hydrogen-bond acceptors (Lipinski definition) is 3. The summed E-state index contributed by atoms with van der Waals surface area (Å²) in [4.78, 5) is 4.90. The molecule has 2 aromatic rings. The van der Waals surface area contributed by atoms with Gasteiger partial charge >= 0.3 is 0 Å². The number of benzene rings is 2. The van der Waals surface area contributed by atoms with Crippen molar-refractivity contribution in [1.82, 2.24) is 0 Å². The van der Waals surface area contributed by atoms with Crippen molar-refractivity contribution in [2.75, 3.05) is 0 Å². The lowest BCUT2D eigenvalue weighted by Gasteiger charge is -2.38. The normalized spacial score (nSPS) is 31.0. The van der Waals surface area contributed by atoms with Crippen molar-refractivity contribution in [3.63, 3.8) is 0 Å². The molecule has 1 unspecified atom stereocenters. The van der Waals surface area contributed by atoms with E-state index in [1.54, 1.807) is 0 Å². The fourth-order valence-corrected chi connectivity index (χ4v) is 4.57. The number of aliphatic hydroxyl groups excluding tert-OH is 1. The molecule has 0 spiro atoms. The Balaban J connectivity index is 1.91. The standard InChI is InChI=1S/C18H21NO2/c1-18-7-6-14-15(17(18)8-12(20)10-18)5-3-11-2-4-13(21-19)9-16(11)14/h2-5,9,12,17,20H,6-8,10,19H2,1H3/t12-,17-,18?/m0/s1. The summed E-state index contributed by atoms with van der Waals surface area (Å²) in [7, 11) is 0. The summed E-state index contributed by atoms with van der Waals surface area (Å²) < 4.78 is 0. The molecule has 0 heterocycles. The fraction of sp³-hybridized carbons (Fsp3) is 0.444. The Hall–Kier alpha value is -1.58. The Morgan fingerprint density at radius 2 is 2.10 bits per heavy atom. The quantitative estimate of drug-likeness (QED) is 0.790. The Morgan fingerprint density at radius 3 is 2.90 bits per heavy atom. The van der Waals surface area contributed by atoms with Crippen molar-refractivity contribution in [1.29, 1.82) is 0 Å². The Morgan fingerprint density at radius 1 is 1.29 bits per heavy atom. The summed E-state index contributed by atoms with van der Waals surface area (Å²) in [5.41, 5.74) is 3.09. The van der Waals surface area contributed by atoms with Crippen LogP contribution in [0.5, 0.6) is 5.75 Å². The minimum atomic E-state index is -0.152. The lowest BCUT2D eigenvalue weighted by atomic mass is 9.66. The first-order chi connectivity index (χ1) is 10.1. The molecule has 2 aliphatic carbocycles. The zero-order chi connectivity index (χ0) is 14.6. The van der Waals surface area contributed by atoms with Crippen molar-refractivity contribution >= 4 is 10.8 Å². The number of aliphatic hydroxyl groups is 1. The van der Waals surface area contributed by atoms with E-state index in [-0.39, 0.29) is 11.5 Å². The summed E-state index contributed by atoms with van der Waals surface area (Å²) in [6.45, 7) is 2.33. The van der Waals surface area contributed by atoms with E-state index in [0.29, 0.717) is 11.7 Å². The second-order valence-corrected chi connectivity index (χ2v) is 6.93. The fourth-order valence-electron chi connectivity index (χ4n) is 4.57. The minimum absolute atomic E-state index is 0.152. The summed E-state index contributed by atoms with van der Waals surface area (Å²) >= 11 is 0. The van der Waals surface area contributed by atoms with Crippen molar-refractivity contribution in [3.8, 4) is 5.75 Å². The average Bonchev–Trinajstić information content (AvgIpc) is 2.80. The number of nitrogens with two attached hydrogens (primary N) is 1. The Bertz CT molecular complexity index is 712. The summed E-state index contributed by atoms with van der Waals surface area (Å²) in [6, 6.07) is 10.5. The summed E-state index contributed by atoms with van der Waals surface area (Å²) in [6.07, 6.45) is 3.89. The van der Waals surface area contributed by atoms with Gasteiger partial charge < -0.3 is 9.94 Å². The molecule has 0 saturated heterocycles. The second-order valence-electron chi connectivity index (χ2n) is 6.93. The van der Waals surface area contributed by atoms with Crippen LogP contribution in [-0.2, 0) is 6.42 Å². The number of fused-ring (bicyclic) bond motifs is 5. The highest BCUT2D eigenvalue weighted by Gasteiger charge is 2.46. The molecule has 2 aromatic carbocycles. The summed E-state index contributed by atoms with van der Waals surface area (Å²) in [5.74, 6) is 6.49. The van der Waals surface area contributed by atoms with Crippen LogP contribution in [0.25, 0.3) is 10.8 Å². The van der Waals surface area contributed by atoms with E-state index in [1.165, 1.54) is 21.9 Å².